The van der Waals surface area contributed by atoms with Gasteiger partial charge >= 0.3 is 5.97 Å². The van der Waals surface area contributed by atoms with Crippen molar-refractivity contribution in [3.8, 4) is 0 Å². The van der Waals surface area contributed by atoms with E-state index in [1.165, 1.54) is 6.07 Å². The fourth-order valence-corrected chi connectivity index (χ4v) is 2.26. The summed E-state index contributed by atoms with van der Waals surface area (Å²) in [4.78, 5) is 15.3. The second kappa shape index (κ2) is 4.77. The van der Waals surface area contributed by atoms with Crippen molar-refractivity contribution in [3.63, 3.8) is 0 Å². The van der Waals surface area contributed by atoms with Crippen molar-refractivity contribution in [3.05, 3.63) is 59.5 Å². The fourth-order valence-electron chi connectivity index (χ4n) is 2.26. The molecule has 2 heterocycles. The third-order valence-electron chi connectivity index (χ3n) is 3.12. The van der Waals surface area contributed by atoms with Crippen molar-refractivity contribution >= 4 is 16.9 Å². The molecular formula is C15H13N3O2. The summed E-state index contributed by atoms with van der Waals surface area (Å²) in [6, 6.07) is 11.4. The van der Waals surface area contributed by atoms with Crippen LogP contribution in [0.15, 0.2) is 42.6 Å². The van der Waals surface area contributed by atoms with Crippen LogP contribution in [-0.4, -0.2) is 25.8 Å². The van der Waals surface area contributed by atoms with Gasteiger partial charge in [0.25, 0.3) is 0 Å². The van der Waals surface area contributed by atoms with E-state index < -0.39 is 5.97 Å². The number of hydrogen-bond acceptors (Lipinski definition) is 3. The smallest absolute Gasteiger partial charge is 0.356 e. The van der Waals surface area contributed by atoms with Gasteiger partial charge in [-0.1, -0.05) is 18.2 Å². The normalized spacial score (nSPS) is 10.8. The van der Waals surface area contributed by atoms with E-state index in [9.17, 15) is 4.79 Å². The van der Waals surface area contributed by atoms with Crippen LogP contribution in [0.2, 0.25) is 0 Å². The van der Waals surface area contributed by atoms with Crippen molar-refractivity contribution in [2.45, 2.75) is 13.5 Å². The molecule has 0 aliphatic carbocycles. The quantitative estimate of drug-likeness (QED) is 0.791. The highest BCUT2D eigenvalue weighted by atomic mass is 16.4. The topological polar surface area (TPSA) is 68.0 Å². The van der Waals surface area contributed by atoms with E-state index in [0.29, 0.717) is 6.54 Å². The Bertz CT molecular complexity index is 793. The van der Waals surface area contributed by atoms with Crippen molar-refractivity contribution in [2.75, 3.05) is 0 Å². The van der Waals surface area contributed by atoms with Gasteiger partial charge in [0.05, 0.1) is 12.1 Å². The summed E-state index contributed by atoms with van der Waals surface area (Å²) in [6.45, 7) is 2.47. The lowest BCUT2D eigenvalue weighted by Gasteiger charge is -2.08. The Kier molecular flexibility index (Phi) is 2.95. The minimum atomic E-state index is -1.01. The maximum absolute atomic E-state index is 10.8. The van der Waals surface area contributed by atoms with Gasteiger partial charge in [-0.05, 0) is 30.7 Å². The number of carboxylic acid groups (broad SMARTS) is 1. The van der Waals surface area contributed by atoms with E-state index in [4.69, 9.17) is 5.11 Å². The number of benzene rings is 1. The molecule has 20 heavy (non-hydrogen) atoms. The molecule has 5 nitrogen and oxygen atoms in total. The zero-order valence-corrected chi connectivity index (χ0v) is 10.9. The summed E-state index contributed by atoms with van der Waals surface area (Å²) < 4.78 is 1.63. The Hall–Kier alpha value is -2.69. The molecule has 2 aromatic heterocycles. The average Bonchev–Trinajstić information content (AvgIpc) is 2.87. The number of para-hydroxylation sites is 1. The van der Waals surface area contributed by atoms with Crippen LogP contribution in [-0.2, 0) is 6.54 Å². The van der Waals surface area contributed by atoms with Crippen LogP contribution in [0, 0.1) is 6.92 Å². The number of fused-ring (bicyclic) bond motifs is 1. The number of aromatic nitrogens is 3. The number of pyridine rings is 1. The van der Waals surface area contributed by atoms with Crippen molar-refractivity contribution < 1.29 is 9.90 Å². The lowest BCUT2D eigenvalue weighted by molar-refractivity contribution is 0.0689. The van der Waals surface area contributed by atoms with Crippen molar-refractivity contribution in [1.82, 2.24) is 14.8 Å². The lowest BCUT2D eigenvalue weighted by atomic mass is 10.1. The van der Waals surface area contributed by atoms with Crippen molar-refractivity contribution in [1.29, 1.82) is 0 Å². The van der Waals surface area contributed by atoms with Gasteiger partial charge in [-0.15, -0.1) is 0 Å². The largest absolute Gasteiger partial charge is 0.476 e. The Balaban J connectivity index is 2.03. The second-order valence-electron chi connectivity index (χ2n) is 4.64. The van der Waals surface area contributed by atoms with Crippen LogP contribution in [0.3, 0.4) is 0 Å². The van der Waals surface area contributed by atoms with E-state index in [-0.39, 0.29) is 5.69 Å². The van der Waals surface area contributed by atoms with E-state index >= 15 is 0 Å². The number of carbonyl (C=O) groups is 1. The van der Waals surface area contributed by atoms with E-state index in [0.717, 1.165) is 22.2 Å². The second-order valence-corrected chi connectivity index (χ2v) is 4.64. The van der Waals surface area contributed by atoms with E-state index in [1.807, 2.05) is 37.3 Å². The summed E-state index contributed by atoms with van der Waals surface area (Å²) in [5, 5.41) is 14.0. The molecule has 0 amide bonds. The zero-order valence-electron chi connectivity index (χ0n) is 10.9. The predicted octanol–water partition coefficient (Wildman–Crippen LogP) is 2.49. The fraction of sp³-hybridized carbons (Fsp3) is 0.133. The van der Waals surface area contributed by atoms with Gasteiger partial charge in [0.2, 0.25) is 0 Å². The minimum Gasteiger partial charge on any atom is -0.476 e. The standard InChI is InChI=1S/C15H13N3O2/c1-10-8-11(12-4-2-3-5-13(12)16-10)9-18-7-6-14(17-18)15(19)20/h2-8H,9H2,1H3,(H,19,20). The highest BCUT2D eigenvalue weighted by molar-refractivity contribution is 5.85. The molecule has 100 valence electrons. The molecule has 3 rings (SSSR count). The summed E-state index contributed by atoms with van der Waals surface area (Å²) in [5.41, 5.74) is 3.01. The van der Waals surface area contributed by atoms with Gasteiger partial charge in [-0.3, -0.25) is 9.67 Å². The molecular weight excluding hydrogens is 254 g/mol. The molecule has 1 aromatic carbocycles. The molecule has 0 unspecified atom stereocenters. The van der Waals surface area contributed by atoms with Gasteiger partial charge in [-0.25, -0.2) is 4.79 Å². The highest BCUT2D eigenvalue weighted by Gasteiger charge is 2.09. The van der Waals surface area contributed by atoms with Crippen LogP contribution in [0.4, 0.5) is 0 Å². The van der Waals surface area contributed by atoms with Crippen LogP contribution < -0.4 is 0 Å². The SMILES string of the molecule is Cc1cc(Cn2ccc(C(=O)O)n2)c2ccccc2n1. The average molecular weight is 267 g/mol. The van der Waals surface area contributed by atoms with E-state index in [1.54, 1.807) is 10.9 Å². The zero-order chi connectivity index (χ0) is 14.1. The number of aryl methyl sites for hydroxylation is 1. The third-order valence-corrected chi connectivity index (χ3v) is 3.12. The van der Waals surface area contributed by atoms with Crippen LogP contribution >= 0.6 is 0 Å². The van der Waals surface area contributed by atoms with Gasteiger partial charge in [0, 0.05) is 17.3 Å². The monoisotopic (exact) mass is 267 g/mol. The van der Waals surface area contributed by atoms with Crippen LogP contribution in [0.25, 0.3) is 10.9 Å². The van der Waals surface area contributed by atoms with Gasteiger partial charge in [-0.2, -0.15) is 5.10 Å². The molecule has 0 saturated heterocycles. The number of rotatable bonds is 3. The molecule has 0 aliphatic rings. The number of nitrogens with zero attached hydrogens (tertiary/aromatic N) is 3. The first-order valence-corrected chi connectivity index (χ1v) is 6.25. The van der Waals surface area contributed by atoms with Crippen LogP contribution in [0.1, 0.15) is 21.7 Å². The van der Waals surface area contributed by atoms with E-state index in [2.05, 4.69) is 10.1 Å². The minimum absolute atomic E-state index is 0.0556. The summed E-state index contributed by atoms with van der Waals surface area (Å²) in [5.74, 6) is -1.01. The maximum Gasteiger partial charge on any atom is 0.356 e. The third kappa shape index (κ3) is 2.25. The molecule has 0 saturated carbocycles. The molecule has 5 heteroatoms. The first kappa shape index (κ1) is 12.3. The Morgan fingerprint density at radius 1 is 1.30 bits per heavy atom. The summed E-state index contributed by atoms with van der Waals surface area (Å²) in [6.07, 6.45) is 1.67. The Labute approximate surface area is 115 Å². The predicted molar refractivity (Wildman–Crippen MR) is 74.8 cm³/mol. The first-order valence-electron chi connectivity index (χ1n) is 6.25. The Morgan fingerprint density at radius 3 is 2.85 bits per heavy atom. The molecule has 0 bridgehead atoms. The summed E-state index contributed by atoms with van der Waals surface area (Å²) in [7, 11) is 0. The molecule has 0 fully saturated rings. The molecule has 0 radical (unpaired) electrons. The maximum atomic E-state index is 10.8. The Morgan fingerprint density at radius 2 is 2.10 bits per heavy atom. The molecule has 0 atom stereocenters. The van der Waals surface area contributed by atoms with Gasteiger partial charge < -0.3 is 5.11 Å². The molecule has 3 aromatic rings. The number of hydrogen-bond donors (Lipinski definition) is 1. The highest BCUT2D eigenvalue weighted by Crippen LogP contribution is 2.19. The summed E-state index contributed by atoms with van der Waals surface area (Å²) >= 11 is 0. The van der Waals surface area contributed by atoms with Gasteiger partial charge in [0.15, 0.2) is 5.69 Å². The van der Waals surface area contributed by atoms with Crippen molar-refractivity contribution in [2.24, 2.45) is 0 Å². The first-order chi connectivity index (χ1) is 9.63. The number of aromatic carboxylic acids is 1. The molecule has 1 N–H and O–H groups in total. The molecule has 0 aliphatic heterocycles. The lowest BCUT2D eigenvalue weighted by Crippen LogP contribution is -2.05. The van der Waals surface area contributed by atoms with Crippen LogP contribution in [0.5, 0.6) is 0 Å². The molecule has 0 spiro atoms. The number of carboxylic acids is 1. The van der Waals surface area contributed by atoms with Gasteiger partial charge in [0.1, 0.15) is 0 Å².